The van der Waals surface area contributed by atoms with Gasteiger partial charge in [-0.15, -0.1) is 24.8 Å². The molecule has 4 N–H and O–H groups in total. The van der Waals surface area contributed by atoms with Crippen LogP contribution in [0.5, 0.6) is 0 Å². The second-order valence-corrected chi connectivity index (χ2v) is 6.02. The molecule has 22 heavy (non-hydrogen) atoms. The first-order chi connectivity index (χ1) is 9.81. The van der Waals surface area contributed by atoms with Gasteiger partial charge >= 0.3 is 0 Å². The van der Waals surface area contributed by atoms with E-state index >= 15 is 0 Å². The van der Waals surface area contributed by atoms with E-state index < -0.39 is 0 Å². The van der Waals surface area contributed by atoms with E-state index in [1.54, 1.807) is 0 Å². The summed E-state index contributed by atoms with van der Waals surface area (Å²) in [5.41, 5.74) is 11.3. The van der Waals surface area contributed by atoms with Gasteiger partial charge in [-0.3, -0.25) is 0 Å². The number of halogens is 2. The zero-order chi connectivity index (χ0) is 14.9. The quantitative estimate of drug-likeness (QED) is 0.290. The molecule has 0 rings (SSSR count). The lowest BCUT2D eigenvalue weighted by Gasteiger charge is -2.07. The summed E-state index contributed by atoms with van der Waals surface area (Å²) in [4.78, 5) is 0. The summed E-state index contributed by atoms with van der Waals surface area (Å²) in [6.45, 7) is 2.90. The number of allylic oxidation sites excluding steroid dienone is 2. The van der Waals surface area contributed by atoms with Crippen molar-refractivity contribution < 1.29 is 0 Å². The largest absolute Gasteiger partial charge is 0.329 e. The molecule has 0 aromatic heterocycles. The molecule has 0 radical (unpaired) electrons. The fourth-order valence-electron chi connectivity index (χ4n) is 2.42. The number of hydrogen-bond acceptors (Lipinski definition) is 2. The fourth-order valence-corrected chi connectivity index (χ4v) is 2.42. The van der Waals surface area contributed by atoms with Crippen molar-refractivity contribution in [2.45, 2.75) is 96.4 Å². The first kappa shape index (κ1) is 27.1. The Morgan fingerprint density at radius 2 is 1.18 bits per heavy atom. The summed E-state index contributed by atoms with van der Waals surface area (Å²) in [6.07, 6.45) is 21.9. The maximum atomic E-state index is 5.78. The molecule has 136 valence electrons. The molecule has 0 aliphatic rings. The van der Waals surface area contributed by atoms with Crippen molar-refractivity contribution >= 4 is 24.8 Å². The lowest BCUT2D eigenvalue weighted by molar-refractivity contribution is 0.548. The van der Waals surface area contributed by atoms with E-state index in [0.29, 0.717) is 6.54 Å². The van der Waals surface area contributed by atoms with Crippen molar-refractivity contribution in [2.24, 2.45) is 11.5 Å². The van der Waals surface area contributed by atoms with Crippen LogP contribution in [0.4, 0.5) is 0 Å². The molecule has 0 unspecified atom stereocenters. The van der Waals surface area contributed by atoms with E-state index in [1.165, 1.54) is 77.0 Å². The molecule has 2 nitrogen and oxygen atoms in total. The lowest BCUT2D eigenvalue weighted by Crippen LogP contribution is -2.29. The van der Waals surface area contributed by atoms with Crippen LogP contribution in [0.25, 0.3) is 0 Å². The minimum Gasteiger partial charge on any atom is -0.329 e. The topological polar surface area (TPSA) is 52.0 Å². The van der Waals surface area contributed by atoms with Crippen LogP contribution in [0, 0.1) is 0 Å². The first-order valence-electron chi connectivity index (χ1n) is 8.92. The molecule has 0 spiro atoms. The molecule has 0 fully saturated rings. The molecule has 1 atom stereocenters. The Kier molecular flexibility index (Phi) is 29.0. The van der Waals surface area contributed by atoms with E-state index in [4.69, 9.17) is 11.5 Å². The van der Waals surface area contributed by atoms with E-state index in [2.05, 4.69) is 19.1 Å². The third kappa shape index (κ3) is 22.5. The Morgan fingerprint density at radius 3 is 1.68 bits per heavy atom. The molecule has 0 saturated heterocycles. The third-order valence-electron chi connectivity index (χ3n) is 3.89. The van der Waals surface area contributed by atoms with Crippen molar-refractivity contribution in [1.82, 2.24) is 0 Å². The highest BCUT2D eigenvalue weighted by atomic mass is 35.5. The van der Waals surface area contributed by atoms with E-state index in [-0.39, 0.29) is 30.9 Å². The highest BCUT2D eigenvalue weighted by Gasteiger charge is 1.97. The molecule has 0 aliphatic heterocycles. The average molecular weight is 355 g/mol. The molecule has 0 aromatic rings. The van der Waals surface area contributed by atoms with Gasteiger partial charge in [-0.1, -0.05) is 70.4 Å². The zero-order valence-corrected chi connectivity index (χ0v) is 16.2. The van der Waals surface area contributed by atoms with Gasteiger partial charge < -0.3 is 11.5 Å². The first-order valence-corrected chi connectivity index (χ1v) is 8.92. The number of hydrogen-bond donors (Lipinski definition) is 2. The maximum absolute atomic E-state index is 5.78. The minimum atomic E-state index is 0. The standard InChI is InChI=1S/C18H38N2.2ClH/c1-2-3-4-5-6-7-8-9-10-11-12-13-14-15-16-18(20)17-19;;/h9-10,18H,2-8,11-17,19-20H2,1H3;2*1H/b10-9-;;/t18-;;/m0../s1. The Hall–Kier alpha value is 0.240. The molecule has 0 aliphatic carbocycles. The van der Waals surface area contributed by atoms with Crippen LogP contribution >= 0.6 is 24.8 Å². The van der Waals surface area contributed by atoms with Gasteiger partial charge in [0.2, 0.25) is 0 Å². The number of rotatable bonds is 15. The van der Waals surface area contributed by atoms with Crippen LogP contribution in [0.2, 0.25) is 0 Å². The van der Waals surface area contributed by atoms with Crippen LogP contribution in [-0.4, -0.2) is 12.6 Å². The number of unbranched alkanes of at least 4 members (excludes halogenated alkanes) is 10. The van der Waals surface area contributed by atoms with Crippen molar-refractivity contribution in [3.8, 4) is 0 Å². The SMILES string of the molecule is CCCCCCCC/C=C\CCCCCC[C@H](N)CN.Cl.Cl. The molecule has 4 heteroatoms. The van der Waals surface area contributed by atoms with Gasteiger partial charge in [0.1, 0.15) is 0 Å². The van der Waals surface area contributed by atoms with Crippen LogP contribution < -0.4 is 11.5 Å². The van der Waals surface area contributed by atoms with E-state index in [1.807, 2.05) is 0 Å². The van der Waals surface area contributed by atoms with Crippen LogP contribution in [0.1, 0.15) is 90.4 Å². The van der Waals surface area contributed by atoms with Crippen LogP contribution in [-0.2, 0) is 0 Å². The Morgan fingerprint density at radius 1 is 0.727 bits per heavy atom. The smallest absolute Gasteiger partial charge is 0.0163 e. The Balaban J connectivity index is -0.00000180. The molecule has 0 heterocycles. The maximum Gasteiger partial charge on any atom is 0.0163 e. The van der Waals surface area contributed by atoms with E-state index in [9.17, 15) is 0 Å². The summed E-state index contributed by atoms with van der Waals surface area (Å²) in [6, 6.07) is 0.215. The zero-order valence-electron chi connectivity index (χ0n) is 14.6. The molecule has 0 saturated carbocycles. The summed E-state index contributed by atoms with van der Waals surface area (Å²) in [7, 11) is 0. The summed E-state index contributed by atoms with van der Waals surface area (Å²) in [5, 5.41) is 0. The van der Waals surface area contributed by atoms with Gasteiger partial charge in [-0.2, -0.15) is 0 Å². The van der Waals surface area contributed by atoms with Crippen LogP contribution in [0.3, 0.4) is 0 Å². The van der Waals surface area contributed by atoms with E-state index in [0.717, 1.165) is 6.42 Å². The molecular formula is C18H40Cl2N2. The predicted molar refractivity (Wildman–Crippen MR) is 106 cm³/mol. The van der Waals surface area contributed by atoms with Gasteiger partial charge in [-0.25, -0.2) is 0 Å². The lowest BCUT2D eigenvalue weighted by atomic mass is 10.1. The third-order valence-corrected chi connectivity index (χ3v) is 3.89. The monoisotopic (exact) mass is 354 g/mol. The summed E-state index contributed by atoms with van der Waals surface area (Å²) >= 11 is 0. The number of nitrogens with two attached hydrogens (primary N) is 2. The Bertz CT molecular complexity index is 211. The Labute approximate surface area is 151 Å². The molecule has 0 bridgehead atoms. The fraction of sp³-hybridized carbons (Fsp3) is 0.889. The van der Waals surface area contributed by atoms with Gasteiger partial charge in [0.25, 0.3) is 0 Å². The normalized spacial score (nSPS) is 12.0. The molecule has 0 amide bonds. The van der Waals surface area contributed by atoms with Crippen molar-refractivity contribution in [3.63, 3.8) is 0 Å². The highest BCUT2D eigenvalue weighted by molar-refractivity contribution is 5.85. The second-order valence-electron chi connectivity index (χ2n) is 6.02. The second kappa shape index (κ2) is 23.5. The van der Waals surface area contributed by atoms with Crippen molar-refractivity contribution in [3.05, 3.63) is 12.2 Å². The van der Waals surface area contributed by atoms with Gasteiger partial charge in [0, 0.05) is 12.6 Å². The minimum absolute atomic E-state index is 0. The predicted octanol–water partition coefficient (Wildman–Crippen LogP) is 5.76. The average Bonchev–Trinajstić information content (AvgIpc) is 2.47. The van der Waals surface area contributed by atoms with Gasteiger partial charge in [-0.05, 0) is 32.1 Å². The van der Waals surface area contributed by atoms with Crippen molar-refractivity contribution in [2.75, 3.05) is 6.54 Å². The van der Waals surface area contributed by atoms with Gasteiger partial charge in [0.15, 0.2) is 0 Å². The molecular weight excluding hydrogens is 315 g/mol. The molecule has 0 aromatic carbocycles. The highest BCUT2D eigenvalue weighted by Crippen LogP contribution is 2.09. The van der Waals surface area contributed by atoms with Crippen LogP contribution in [0.15, 0.2) is 12.2 Å². The summed E-state index contributed by atoms with van der Waals surface area (Å²) < 4.78 is 0. The van der Waals surface area contributed by atoms with Gasteiger partial charge in [0.05, 0.1) is 0 Å². The van der Waals surface area contributed by atoms with Crippen molar-refractivity contribution in [1.29, 1.82) is 0 Å². The summed E-state index contributed by atoms with van der Waals surface area (Å²) in [5.74, 6) is 0.